The lowest BCUT2D eigenvalue weighted by Crippen LogP contribution is -2.44. The number of aromatic amines is 1. The SMILES string of the molecule is CC(=O)c1c(C)[nH]c(C(O)(c2nc3ccccc3s2)C(F)(F)F)c1C. The number of alkyl halides is 3. The first-order chi connectivity index (χ1) is 11.6. The number of hydrogen-bond acceptors (Lipinski definition) is 4. The molecule has 0 saturated heterocycles. The van der Waals surface area contributed by atoms with Gasteiger partial charge < -0.3 is 10.1 Å². The maximum atomic E-state index is 13.9. The van der Waals surface area contributed by atoms with E-state index in [1.165, 1.54) is 20.8 Å². The van der Waals surface area contributed by atoms with Crippen LogP contribution in [-0.4, -0.2) is 27.0 Å². The molecule has 1 unspecified atom stereocenters. The first-order valence-electron chi connectivity index (χ1n) is 7.43. The Morgan fingerprint density at radius 1 is 1.24 bits per heavy atom. The lowest BCUT2D eigenvalue weighted by atomic mass is 9.94. The number of hydrogen-bond donors (Lipinski definition) is 2. The summed E-state index contributed by atoms with van der Waals surface area (Å²) in [5.41, 5.74) is -2.91. The summed E-state index contributed by atoms with van der Waals surface area (Å²) in [7, 11) is 0. The van der Waals surface area contributed by atoms with Crippen molar-refractivity contribution < 1.29 is 23.1 Å². The summed E-state index contributed by atoms with van der Waals surface area (Å²) in [6, 6.07) is 6.58. The number of benzene rings is 1. The van der Waals surface area contributed by atoms with E-state index < -0.39 is 22.5 Å². The van der Waals surface area contributed by atoms with E-state index in [0.29, 0.717) is 10.2 Å². The summed E-state index contributed by atoms with van der Waals surface area (Å²) >= 11 is 0.772. The van der Waals surface area contributed by atoms with Gasteiger partial charge in [-0.05, 0) is 38.5 Å². The number of ketones is 1. The zero-order valence-electron chi connectivity index (χ0n) is 13.7. The molecule has 2 N–H and O–H groups in total. The molecule has 25 heavy (non-hydrogen) atoms. The smallest absolute Gasteiger partial charge is 0.369 e. The number of halogens is 3. The largest absolute Gasteiger partial charge is 0.429 e. The zero-order valence-corrected chi connectivity index (χ0v) is 14.5. The minimum atomic E-state index is -5.02. The Balaban J connectivity index is 2.32. The minimum Gasteiger partial charge on any atom is -0.369 e. The van der Waals surface area contributed by atoms with Crippen LogP contribution < -0.4 is 0 Å². The normalized spacial score (nSPS) is 14.7. The third-order valence-electron chi connectivity index (χ3n) is 4.17. The fourth-order valence-corrected chi connectivity index (χ4v) is 4.12. The van der Waals surface area contributed by atoms with Crippen LogP contribution in [0.3, 0.4) is 0 Å². The van der Waals surface area contributed by atoms with E-state index in [4.69, 9.17) is 0 Å². The van der Waals surface area contributed by atoms with Crippen LogP contribution in [0.2, 0.25) is 0 Å². The molecule has 0 aliphatic rings. The van der Waals surface area contributed by atoms with Gasteiger partial charge in [-0.1, -0.05) is 12.1 Å². The molecule has 0 bridgehead atoms. The third-order valence-corrected chi connectivity index (χ3v) is 5.31. The van der Waals surface area contributed by atoms with Crippen molar-refractivity contribution in [2.45, 2.75) is 32.5 Å². The predicted octanol–water partition coefficient (Wildman–Crippen LogP) is 4.24. The van der Waals surface area contributed by atoms with E-state index in [1.54, 1.807) is 24.3 Å². The molecule has 132 valence electrons. The Morgan fingerprint density at radius 3 is 2.40 bits per heavy atom. The summed E-state index contributed by atoms with van der Waals surface area (Å²) in [4.78, 5) is 18.3. The molecule has 1 aromatic carbocycles. The molecule has 0 saturated carbocycles. The van der Waals surface area contributed by atoms with Crippen molar-refractivity contribution in [3.63, 3.8) is 0 Å². The first-order valence-corrected chi connectivity index (χ1v) is 8.24. The van der Waals surface area contributed by atoms with Gasteiger partial charge in [0, 0.05) is 11.3 Å². The molecule has 1 atom stereocenters. The number of aryl methyl sites for hydroxylation is 1. The van der Waals surface area contributed by atoms with Gasteiger partial charge in [-0.3, -0.25) is 4.79 Å². The Hall–Kier alpha value is -2.19. The summed E-state index contributed by atoms with van der Waals surface area (Å²) in [5.74, 6) is -0.369. The summed E-state index contributed by atoms with van der Waals surface area (Å²) < 4.78 is 42.3. The van der Waals surface area contributed by atoms with Crippen molar-refractivity contribution in [3.8, 4) is 0 Å². The van der Waals surface area contributed by atoms with E-state index in [-0.39, 0.29) is 22.6 Å². The number of nitrogens with one attached hydrogen (secondary N) is 1. The molecule has 0 spiro atoms. The molecule has 3 aromatic rings. The van der Waals surface area contributed by atoms with Crippen molar-refractivity contribution in [2.24, 2.45) is 0 Å². The van der Waals surface area contributed by atoms with Gasteiger partial charge in [-0.15, -0.1) is 11.3 Å². The average Bonchev–Trinajstić information content (AvgIpc) is 3.06. The van der Waals surface area contributed by atoms with Gasteiger partial charge in [-0.2, -0.15) is 13.2 Å². The molecule has 0 aliphatic heterocycles. The fraction of sp³-hybridized carbons (Fsp3) is 0.294. The number of Topliss-reactive ketones (excluding diaryl/α,β-unsaturated/α-hetero) is 1. The van der Waals surface area contributed by atoms with Crippen LogP contribution in [0.5, 0.6) is 0 Å². The number of aromatic nitrogens is 2. The topological polar surface area (TPSA) is 66.0 Å². The number of aliphatic hydroxyl groups is 1. The van der Waals surface area contributed by atoms with Crippen molar-refractivity contribution >= 4 is 27.3 Å². The quantitative estimate of drug-likeness (QED) is 0.680. The number of H-pyrrole nitrogens is 1. The number of para-hydroxylation sites is 1. The second kappa shape index (κ2) is 5.67. The second-order valence-corrected chi connectivity index (χ2v) is 6.91. The maximum absolute atomic E-state index is 13.9. The van der Waals surface area contributed by atoms with Crippen LogP contribution in [0.1, 0.15) is 39.2 Å². The highest BCUT2D eigenvalue weighted by molar-refractivity contribution is 7.18. The first kappa shape index (κ1) is 17.6. The molecular weight excluding hydrogens is 353 g/mol. The van der Waals surface area contributed by atoms with Gasteiger partial charge in [0.1, 0.15) is 5.01 Å². The molecule has 0 fully saturated rings. The summed E-state index contributed by atoms with van der Waals surface area (Å²) in [6.45, 7) is 4.17. The van der Waals surface area contributed by atoms with Crippen LogP contribution in [-0.2, 0) is 5.60 Å². The van der Waals surface area contributed by atoms with Crippen LogP contribution in [0.4, 0.5) is 13.2 Å². The van der Waals surface area contributed by atoms with Crippen LogP contribution in [0.25, 0.3) is 10.2 Å². The molecule has 8 heteroatoms. The Morgan fingerprint density at radius 2 is 1.88 bits per heavy atom. The Labute approximate surface area is 145 Å². The van der Waals surface area contributed by atoms with Gasteiger partial charge in [0.05, 0.1) is 15.9 Å². The average molecular weight is 368 g/mol. The van der Waals surface area contributed by atoms with E-state index in [2.05, 4.69) is 9.97 Å². The number of fused-ring (bicyclic) bond motifs is 1. The minimum absolute atomic E-state index is 0.0732. The van der Waals surface area contributed by atoms with Gasteiger partial charge >= 0.3 is 6.18 Å². The molecule has 0 aliphatic carbocycles. The molecule has 0 amide bonds. The molecule has 0 radical (unpaired) electrons. The van der Waals surface area contributed by atoms with E-state index in [9.17, 15) is 23.1 Å². The van der Waals surface area contributed by atoms with Crippen LogP contribution in [0, 0.1) is 13.8 Å². The lowest BCUT2D eigenvalue weighted by molar-refractivity contribution is -0.249. The van der Waals surface area contributed by atoms with Gasteiger partial charge in [-0.25, -0.2) is 4.98 Å². The van der Waals surface area contributed by atoms with Crippen molar-refractivity contribution in [3.05, 3.63) is 51.8 Å². The third kappa shape index (κ3) is 2.56. The van der Waals surface area contributed by atoms with E-state index in [1.807, 2.05) is 0 Å². The molecular formula is C17H15F3N2O2S. The zero-order chi connectivity index (χ0) is 18.6. The Kier molecular flexibility index (Phi) is 4.00. The number of thiazole rings is 1. The highest BCUT2D eigenvalue weighted by Gasteiger charge is 2.60. The van der Waals surface area contributed by atoms with Gasteiger partial charge in [0.15, 0.2) is 5.78 Å². The summed E-state index contributed by atoms with van der Waals surface area (Å²) in [6.07, 6.45) is -5.02. The molecule has 2 heterocycles. The lowest BCUT2D eigenvalue weighted by Gasteiger charge is -2.28. The summed E-state index contributed by atoms with van der Waals surface area (Å²) in [5, 5.41) is 10.3. The number of carbonyl (C=O) groups is 1. The maximum Gasteiger partial charge on any atom is 0.429 e. The fourth-order valence-electron chi connectivity index (χ4n) is 3.04. The van der Waals surface area contributed by atoms with Crippen molar-refractivity contribution in [2.75, 3.05) is 0 Å². The van der Waals surface area contributed by atoms with Gasteiger partial charge in [0.25, 0.3) is 5.60 Å². The van der Waals surface area contributed by atoms with E-state index in [0.717, 1.165) is 11.3 Å². The highest BCUT2D eigenvalue weighted by Crippen LogP contribution is 2.47. The number of rotatable bonds is 3. The number of carbonyl (C=O) groups excluding carboxylic acids is 1. The Bertz CT molecular complexity index is 941. The molecule has 2 aromatic heterocycles. The predicted molar refractivity (Wildman–Crippen MR) is 88.9 cm³/mol. The second-order valence-electron chi connectivity index (χ2n) is 5.88. The van der Waals surface area contributed by atoms with Gasteiger partial charge in [0.2, 0.25) is 0 Å². The highest BCUT2D eigenvalue weighted by atomic mass is 32.1. The van der Waals surface area contributed by atoms with Crippen molar-refractivity contribution in [1.82, 2.24) is 9.97 Å². The monoisotopic (exact) mass is 368 g/mol. The molecule has 4 nitrogen and oxygen atoms in total. The number of nitrogens with zero attached hydrogens (tertiary/aromatic N) is 1. The van der Waals surface area contributed by atoms with Crippen molar-refractivity contribution in [1.29, 1.82) is 0 Å². The van der Waals surface area contributed by atoms with E-state index >= 15 is 0 Å². The standard InChI is InChI=1S/C17H15F3N2O2S/c1-8-13(10(3)23)9(2)21-14(8)16(24,17(18,19)20)15-22-11-6-4-5-7-12(11)25-15/h4-7,21,24H,1-3H3. The van der Waals surface area contributed by atoms with Crippen LogP contribution in [0.15, 0.2) is 24.3 Å². The van der Waals surface area contributed by atoms with Crippen LogP contribution >= 0.6 is 11.3 Å². The molecule has 3 rings (SSSR count).